The molecule has 0 saturated heterocycles. The normalized spacial score (nSPS) is 12.0. The molecule has 262 valence electrons. The Bertz CT molecular complexity index is 609. The van der Waals surface area contributed by atoms with Gasteiger partial charge in [0, 0.05) is 0 Å². The van der Waals surface area contributed by atoms with Crippen LogP contribution < -0.4 is 0 Å². The lowest BCUT2D eigenvalue weighted by molar-refractivity contribution is -0.883. The molecular formula is C38H78N2O4+2. The number of nitrogens with zero attached hydrogens (tertiary/aromatic N) is 2. The first-order valence-corrected chi connectivity index (χ1v) is 19.1. The van der Waals surface area contributed by atoms with Crippen LogP contribution in [0.5, 0.6) is 0 Å². The number of quaternary nitrogens is 2. The third-order valence-corrected chi connectivity index (χ3v) is 8.96. The second kappa shape index (κ2) is 29.3. The van der Waals surface area contributed by atoms with E-state index in [9.17, 15) is 9.59 Å². The van der Waals surface area contributed by atoms with Crippen molar-refractivity contribution < 1.29 is 28.0 Å². The van der Waals surface area contributed by atoms with Crippen LogP contribution in [0.25, 0.3) is 0 Å². The summed E-state index contributed by atoms with van der Waals surface area (Å²) in [5.74, 6) is -0.429. The minimum Gasteiger partial charge on any atom is -0.458 e. The first kappa shape index (κ1) is 42.9. The van der Waals surface area contributed by atoms with Crippen LogP contribution in [0.3, 0.4) is 0 Å². The molecule has 0 aliphatic rings. The van der Waals surface area contributed by atoms with Crippen molar-refractivity contribution in [3.05, 3.63) is 0 Å². The summed E-state index contributed by atoms with van der Waals surface area (Å²) in [6, 6.07) is 0. The average molecular weight is 627 g/mol. The minimum absolute atomic E-state index is 0.134. The third-order valence-electron chi connectivity index (χ3n) is 8.96. The summed E-state index contributed by atoms with van der Waals surface area (Å²) in [5.41, 5.74) is 0. The molecule has 0 aromatic carbocycles. The lowest BCUT2D eigenvalue weighted by Crippen LogP contribution is -2.45. The molecule has 0 saturated carbocycles. The lowest BCUT2D eigenvalue weighted by atomic mass is 10.1. The summed E-state index contributed by atoms with van der Waals surface area (Å²) in [4.78, 5) is 24.7. The molecule has 0 aromatic heterocycles. The molecule has 0 N–H and O–H groups in total. The minimum atomic E-state index is -0.215. The van der Waals surface area contributed by atoms with Crippen LogP contribution in [-0.2, 0) is 19.1 Å². The molecule has 44 heavy (non-hydrogen) atoms. The van der Waals surface area contributed by atoms with Crippen molar-refractivity contribution in [3.8, 4) is 0 Å². The Kier molecular flexibility index (Phi) is 28.5. The number of rotatable bonds is 33. The molecule has 0 unspecified atom stereocenters. The molecule has 0 radical (unpaired) electrons. The number of hydrogen-bond donors (Lipinski definition) is 0. The van der Waals surface area contributed by atoms with Crippen LogP contribution in [0.2, 0.25) is 0 Å². The Hall–Kier alpha value is -1.14. The van der Waals surface area contributed by atoms with Gasteiger partial charge in [0.1, 0.15) is 13.2 Å². The lowest BCUT2D eigenvalue weighted by Gasteiger charge is -2.29. The van der Waals surface area contributed by atoms with Gasteiger partial charge >= 0.3 is 11.9 Å². The first-order valence-electron chi connectivity index (χ1n) is 19.1. The van der Waals surface area contributed by atoms with Crippen LogP contribution in [0.4, 0.5) is 0 Å². The van der Waals surface area contributed by atoms with Gasteiger partial charge in [-0.05, 0) is 25.7 Å². The van der Waals surface area contributed by atoms with E-state index in [2.05, 4.69) is 42.0 Å². The predicted molar refractivity (Wildman–Crippen MR) is 188 cm³/mol. The van der Waals surface area contributed by atoms with Crippen molar-refractivity contribution in [1.29, 1.82) is 0 Å². The summed E-state index contributed by atoms with van der Waals surface area (Å²) < 4.78 is 12.0. The second-order valence-electron chi connectivity index (χ2n) is 14.9. The van der Waals surface area contributed by atoms with Gasteiger partial charge in [-0.3, -0.25) is 0 Å². The third kappa shape index (κ3) is 30.9. The summed E-state index contributed by atoms with van der Waals surface area (Å²) in [5, 5.41) is 0. The molecule has 0 aliphatic carbocycles. The summed E-state index contributed by atoms with van der Waals surface area (Å²) >= 11 is 0. The molecular weight excluding hydrogens is 548 g/mol. The van der Waals surface area contributed by atoms with Crippen molar-refractivity contribution in [1.82, 2.24) is 0 Å². The van der Waals surface area contributed by atoms with E-state index >= 15 is 0 Å². The highest BCUT2D eigenvalue weighted by atomic mass is 16.6. The van der Waals surface area contributed by atoms with E-state index in [0.717, 1.165) is 25.9 Å². The van der Waals surface area contributed by atoms with Gasteiger partial charge in [0.25, 0.3) is 0 Å². The number of carbonyl (C=O) groups is 2. The molecule has 0 amide bonds. The van der Waals surface area contributed by atoms with E-state index in [4.69, 9.17) is 9.47 Å². The molecule has 0 heterocycles. The molecule has 6 nitrogen and oxygen atoms in total. The van der Waals surface area contributed by atoms with E-state index in [-0.39, 0.29) is 25.2 Å². The Labute approximate surface area is 275 Å². The average Bonchev–Trinajstić information content (AvgIpc) is 2.96. The van der Waals surface area contributed by atoms with Crippen LogP contribution in [0.15, 0.2) is 0 Å². The molecule has 0 aromatic rings. The molecule has 0 bridgehead atoms. The molecule has 6 heteroatoms. The van der Waals surface area contributed by atoms with Crippen molar-refractivity contribution in [2.45, 2.75) is 168 Å². The summed E-state index contributed by atoms with van der Waals surface area (Å²) in [6.07, 6.45) is 32.1. The van der Waals surface area contributed by atoms with Gasteiger partial charge in [0.2, 0.25) is 0 Å². The topological polar surface area (TPSA) is 52.6 Å². The Morgan fingerprint density at radius 2 is 0.614 bits per heavy atom. The number of carbonyl (C=O) groups excluding carboxylic acids is 2. The maximum Gasteiger partial charge on any atom is 0.361 e. The maximum absolute atomic E-state index is 12.4. The highest BCUT2D eigenvalue weighted by Gasteiger charge is 2.22. The highest BCUT2D eigenvalue weighted by Crippen LogP contribution is 2.14. The zero-order valence-electron chi connectivity index (χ0n) is 30.7. The van der Waals surface area contributed by atoms with Crippen molar-refractivity contribution in [2.75, 3.05) is 67.6 Å². The fourth-order valence-electron chi connectivity index (χ4n) is 6.02. The monoisotopic (exact) mass is 627 g/mol. The van der Waals surface area contributed by atoms with Crippen LogP contribution in [0.1, 0.15) is 168 Å². The fraction of sp³-hybridized carbons (Fsp3) is 0.947. The quantitative estimate of drug-likeness (QED) is 0.0413. The van der Waals surface area contributed by atoms with Crippen LogP contribution in [0, 0.1) is 0 Å². The number of hydrogen-bond acceptors (Lipinski definition) is 4. The van der Waals surface area contributed by atoms with Gasteiger partial charge in [-0.1, -0.05) is 142 Å². The Morgan fingerprint density at radius 3 is 0.864 bits per heavy atom. The van der Waals surface area contributed by atoms with Gasteiger partial charge in [-0.15, -0.1) is 0 Å². The Balaban J connectivity index is 3.73. The van der Waals surface area contributed by atoms with Crippen molar-refractivity contribution >= 4 is 11.9 Å². The summed E-state index contributed by atoms with van der Waals surface area (Å²) in [7, 11) is 8.37. The number of ether oxygens (including phenoxy) is 2. The van der Waals surface area contributed by atoms with E-state index in [1.54, 1.807) is 0 Å². The zero-order valence-corrected chi connectivity index (χ0v) is 30.7. The van der Waals surface area contributed by atoms with E-state index in [1.165, 1.54) is 141 Å². The van der Waals surface area contributed by atoms with Crippen LogP contribution in [-0.4, -0.2) is 88.5 Å². The SMILES string of the molecule is CCCCCCCCCCCCCC[N+](C)(C)CC(=O)OCCOC(=O)C[N+](C)(C)CCCCCCCCCCCCCC. The molecule has 0 fully saturated rings. The predicted octanol–water partition coefficient (Wildman–Crippen LogP) is 9.63. The van der Waals surface area contributed by atoms with Gasteiger partial charge < -0.3 is 18.4 Å². The molecule has 0 atom stereocenters. The van der Waals surface area contributed by atoms with Gasteiger partial charge in [0.05, 0.1) is 41.3 Å². The van der Waals surface area contributed by atoms with Crippen molar-refractivity contribution in [3.63, 3.8) is 0 Å². The van der Waals surface area contributed by atoms with Gasteiger partial charge in [-0.2, -0.15) is 0 Å². The standard InChI is InChI=1S/C38H78N2O4/c1-7-9-11-13-15-17-19-21-23-25-27-29-31-39(3,4)35-37(41)43-33-34-44-38(42)36-40(5,6)32-30-28-26-24-22-20-18-16-14-12-10-8-2/h7-36H2,1-6H3/q+2. The van der Waals surface area contributed by atoms with E-state index in [0.29, 0.717) is 22.1 Å². The van der Waals surface area contributed by atoms with E-state index < -0.39 is 0 Å². The molecule has 0 spiro atoms. The van der Waals surface area contributed by atoms with E-state index in [1.807, 2.05) is 0 Å². The van der Waals surface area contributed by atoms with Crippen LogP contribution >= 0.6 is 0 Å². The Morgan fingerprint density at radius 1 is 0.386 bits per heavy atom. The highest BCUT2D eigenvalue weighted by molar-refractivity contribution is 5.71. The molecule has 0 aliphatic heterocycles. The van der Waals surface area contributed by atoms with Gasteiger partial charge in [0.15, 0.2) is 13.1 Å². The molecule has 0 rings (SSSR count). The number of unbranched alkanes of at least 4 members (excludes halogenated alkanes) is 22. The van der Waals surface area contributed by atoms with Crippen molar-refractivity contribution in [2.24, 2.45) is 0 Å². The number of esters is 2. The maximum atomic E-state index is 12.4. The number of likely N-dealkylation sites (N-methyl/N-ethyl adjacent to an activating group) is 2. The first-order chi connectivity index (χ1) is 21.1. The largest absolute Gasteiger partial charge is 0.458 e. The smallest absolute Gasteiger partial charge is 0.361 e. The summed E-state index contributed by atoms with van der Waals surface area (Å²) in [6.45, 7) is 7.49. The fourth-order valence-corrected chi connectivity index (χ4v) is 6.02. The zero-order chi connectivity index (χ0) is 32.8. The van der Waals surface area contributed by atoms with Gasteiger partial charge in [-0.25, -0.2) is 9.59 Å². The second-order valence-corrected chi connectivity index (χ2v) is 14.9.